The first kappa shape index (κ1) is 22.0. The van der Waals surface area contributed by atoms with E-state index in [1.165, 1.54) is 5.57 Å². The van der Waals surface area contributed by atoms with Crippen LogP contribution in [0.1, 0.15) is 57.4 Å². The molecule has 3 aromatic rings. The van der Waals surface area contributed by atoms with Gasteiger partial charge in [-0.15, -0.1) is 0 Å². The van der Waals surface area contributed by atoms with Crippen molar-refractivity contribution in [1.29, 1.82) is 0 Å². The summed E-state index contributed by atoms with van der Waals surface area (Å²) in [6, 6.07) is 8.05. The normalized spacial score (nSPS) is 16.8. The van der Waals surface area contributed by atoms with Crippen LogP contribution in [0.5, 0.6) is 11.6 Å². The fraction of sp³-hybridized carbons (Fsp3) is 0.346. The van der Waals surface area contributed by atoms with Crippen LogP contribution in [0.4, 0.5) is 0 Å². The van der Waals surface area contributed by atoms with Gasteiger partial charge >= 0.3 is 0 Å². The van der Waals surface area contributed by atoms with Gasteiger partial charge in [0.25, 0.3) is 0 Å². The SMILES string of the molecule is C=CN=C(C)C(=C(C)C)c1ccc(Oc2nccc3c2cnn3C2CCCCO2)cc1C. The van der Waals surface area contributed by atoms with Crippen LogP contribution in [0, 0.1) is 6.92 Å². The highest BCUT2D eigenvalue weighted by molar-refractivity contribution is 6.24. The van der Waals surface area contributed by atoms with Crippen LogP contribution in [0.15, 0.2) is 60.0 Å². The summed E-state index contributed by atoms with van der Waals surface area (Å²) in [5, 5.41) is 5.45. The zero-order valence-corrected chi connectivity index (χ0v) is 19.3. The van der Waals surface area contributed by atoms with Crippen molar-refractivity contribution in [2.45, 2.75) is 53.2 Å². The maximum Gasteiger partial charge on any atom is 0.230 e. The van der Waals surface area contributed by atoms with E-state index in [0.29, 0.717) is 5.88 Å². The molecule has 0 spiro atoms. The monoisotopic (exact) mass is 430 g/mol. The molecule has 0 bridgehead atoms. The fourth-order valence-electron chi connectivity index (χ4n) is 4.29. The first-order valence-electron chi connectivity index (χ1n) is 11.1. The third kappa shape index (κ3) is 4.36. The van der Waals surface area contributed by atoms with Crippen LogP contribution in [0.2, 0.25) is 0 Å². The number of allylic oxidation sites excluding steroid dienone is 2. The average Bonchev–Trinajstić information content (AvgIpc) is 3.21. The predicted octanol–water partition coefficient (Wildman–Crippen LogP) is 6.63. The Kier molecular flexibility index (Phi) is 6.51. The Morgan fingerprint density at radius 3 is 2.78 bits per heavy atom. The van der Waals surface area contributed by atoms with Crippen LogP contribution in [-0.2, 0) is 4.74 Å². The second kappa shape index (κ2) is 9.49. The molecule has 1 fully saturated rings. The van der Waals surface area contributed by atoms with Gasteiger partial charge in [0.15, 0.2) is 6.23 Å². The number of benzene rings is 1. The van der Waals surface area contributed by atoms with E-state index in [2.05, 4.69) is 48.5 Å². The molecule has 1 atom stereocenters. The molecule has 0 aliphatic carbocycles. The van der Waals surface area contributed by atoms with Crippen LogP contribution in [-0.4, -0.2) is 27.1 Å². The van der Waals surface area contributed by atoms with Gasteiger partial charge in [0.1, 0.15) is 5.75 Å². The van der Waals surface area contributed by atoms with Crippen molar-refractivity contribution < 1.29 is 9.47 Å². The highest BCUT2D eigenvalue weighted by Crippen LogP contribution is 2.33. The number of hydrogen-bond donors (Lipinski definition) is 0. The summed E-state index contributed by atoms with van der Waals surface area (Å²) in [5.74, 6) is 1.28. The molecule has 1 unspecified atom stereocenters. The lowest BCUT2D eigenvalue weighted by molar-refractivity contribution is -0.0366. The molecule has 6 heteroatoms. The van der Waals surface area contributed by atoms with E-state index in [1.54, 1.807) is 12.4 Å². The number of nitrogens with zero attached hydrogens (tertiary/aromatic N) is 4. The molecule has 0 saturated carbocycles. The van der Waals surface area contributed by atoms with E-state index >= 15 is 0 Å². The topological polar surface area (TPSA) is 61.5 Å². The summed E-state index contributed by atoms with van der Waals surface area (Å²) >= 11 is 0. The van der Waals surface area contributed by atoms with Crippen molar-refractivity contribution in [3.63, 3.8) is 0 Å². The molecule has 6 nitrogen and oxygen atoms in total. The van der Waals surface area contributed by atoms with Gasteiger partial charge in [0.05, 0.1) is 17.1 Å². The van der Waals surface area contributed by atoms with E-state index in [9.17, 15) is 0 Å². The molecule has 32 heavy (non-hydrogen) atoms. The van der Waals surface area contributed by atoms with Gasteiger partial charge in [0.2, 0.25) is 5.88 Å². The van der Waals surface area contributed by atoms with Crippen molar-refractivity contribution in [3.8, 4) is 11.6 Å². The molecule has 3 heterocycles. The largest absolute Gasteiger partial charge is 0.438 e. The van der Waals surface area contributed by atoms with Gasteiger partial charge in [-0.1, -0.05) is 18.2 Å². The van der Waals surface area contributed by atoms with Crippen molar-refractivity contribution in [1.82, 2.24) is 14.8 Å². The molecule has 2 aromatic heterocycles. The van der Waals surface area contributed by atoms with Gasteiger partial charge in [-0.2, -0.15) is 5.10 Å². The van der Waals surface area contributed by atoms with E-state index < -0.39 is 0 Å². The third-order valence-corrected chi connectivity index (χ3v) is 5.75. The first-order valence-corrected chi connectivity index (χ1v) is 11.1. The summed E-state index contributed by atoms with van der Waals surface area (Å²) in [5.41, 5.74) is 6.49. The smallest absolute Gasteiger partial charge is 0.230 e. The molecule has 0 radical (unpaired) electrons. The van der Waals surface area contributed by atoms with E-state index in [1.807, 2.05) is 36.0 Å². The Morgan fingerprint density at radius 2 is 2.09 bits per heavy atom. The van der Waals surface area contributed by atoms with Gasteiger partial charge in [-0.25, -0.2) is 9.67 Å². The Balaban J connectivity index is 1.64. The summed E-state index contributed by atoms with van der Waals surface area (Å²) in [6.07, 6.45) is 8.35. The van der Waals surface area contributed by atoms with Gasteiger partial charge < -0.3 is 9.47 Å². The Labute approximate surface area is 189 Å². The molecule has 1 aliphatic rings. The fourth-order valence-corrected chi connectivity index (χ4v) is 4.29. The molecule has 1 aliphatic heterocycles. The molecule has 0 amide bonds. The highest BCUT2D eigenvalue weighted by Gasteiger charge is 2.20. The van der Waals surface area contributed by atoms with Crippen LogP contribution in [0.25, 0.3) is 16.5 Å². The second-order valence-electron chi connectivity index (χ2n) is 8.31. The number of fused-ring (bicyclic) bond motifs is 1. The summed E-state index contributed by atoms with van der Waals surface area (Å²) in [6.45, 7) is 12.8. The Morgan fingerprint density at radius 1 is 1.25 bits per heavy atom. The van der Waals surface area contributed by atoms with E-state index in [0.717, 1.165) is 64.9 Å². The number of rotatable bonds is 6. The van der Waals surface area contributed by atoms with Gasteiger partial charge in [0, 0.05) is 30.3 Å². The van der Waals surface area contributed by atoms with Crippen LogP contribution >= 0.6 is 0 Å². The zero-order chi connectivity index (χ0) is 22.7. The third-order valence-electron chi connectivity index (χ3n) is 5.75. The lowest BCUT2D eigenvalue weighted by atomic mass is 9.93. The maximum atomic E-state index is 6.21. The molecule has 4 rings (SSSR count). The zero-order valence-electron chi connectivity index (χ0n) is 19.3. The molecular formula is C26H30N4O2. The number of aliphatic imine (C=N–C) groups is 1. The minimum absolute atomic E-state index is 0.0269. The van der Waals surface area contributed by atoms with Crippen molar-refractivity contribution >= 4 is 22.2 Å². The standard InChI is InChI=1S/C26H30N4O2/c1-6-27-19(5)25(17(2)3)21-11-10-20(15-18(21)4)32-26-22-16-29-30(23(22)12-13-28-26)24-9-7-8-14-31-24/h6,10-13,15-16,24H,1,7-9,14H2,2-5H3. The van der Waals surface area contributed by atoms with Crippen LogP contribution in [0.3, 0.4) is 0 Å². The molecule has 1 aromatic carbocycles. The van der Waals surface area contributed by atoms with Crippen LogP contribution < -0.4 is 4.74 Å². The predicted molar refractivity (Wildman–Crippen MR) is 129 cm³/mol. The van der Waals surface area contributed by atoms with Gasteiger partial charge in [-0.05, 0) is 76.3 Å². The highest BCUT2D eigenvalue weighted by atomic mass is 16.5. The average molecular weight is 431 g/mol. The Bertz CT molecular complexity index is 1200. The molecular weight excluding hydrogens is 400 g/mol. The summed E-state index contributed by atoms with van der Waals surface area (Å²) < 4.78 is 14.1. The van der Waals surface area contributed by atoms with E-state index in [4.69, 9.17) is 9.47 Å². The van der Waals surface area contributed by atoms with Gasteiger partial charge in [-0.3, -0.25) is 4.99 Å². The summed E-state index contributed by atoms with van der Waals surface area (Å²) in [4.78, 5) is 8.86. The second-order valence-corrected chi connectivity index (χ2v) is 8.31. The number of pyridine rings is 1. The lowest BCUT2D eigenvalue weighted by Crippen LogP contribution is -2.18. The number of aryl methyl sites for hydroxylation is 1. The minimum atomic E-state index is -0.0269. The molecule has 166 valence electrons. The van der Waals surface area contributed by atoms with Crippen molar-refractivity contribution in [2.75, 3.05) is 6.61 Å². The molecule has 0 N–H and O–H groups in total. The Hall–Kier alpha value is -3.25. The first-order chi connectivity index (χ1) is 15.5. The molecule has 1 saturated heterocycles. The lowest BCUT2D eigenvalue weighted by Gasteiger charge is -2.23. The van der Waals surface area contributed by atoms with Crippen molar-refractivity contribution in [2.24, 2.45) is 4.99 Å². The maximum absolute atomic E-state index is 6.21. The number of aromatic nitrogens is 3. The minimum Gasteiger partial charge on any atom is -0.438 e. The quantitative estimate of drug-likeness (QED) is 0.412. The summed E-state index contributed by atoms with van der Waals surface area (Å²) in [7, 11) is 0. The van der Waals surface area contributed by atoms with Crippen molar-refractivity contribution in [3.05, 3.63) is 66.1 Å². The van der Waals surface area contributed by atoms with E-state index in [-0.39, 0.29) is 6.23 Å². The number of ether oxygens (including phenoxy) is 2. The number of hydrogen-bond acceptors (Lipinski definition) is 5.